The van der Waals surface area contributed by atoms with Crippen molar-refractivity contribution in [1.82, 2.24) is 5.32 Å². The second-order valence-electron chi connectivity index (χ2n) is 5.76. The molecule has 1 aliphatic rings. The van der Waals surface area contributed by atoms with Gasteiger partial charge in [-0.1, -0.05) is 42.6 Å². The van der Waals surface area contributed by atoms with Gasteiger partial charge in [-0.15, -0.1) is 0 Å². The molecule has 112 valence electrons. The van der Waals surface area contributed by atoms with Gasteiger partial charge in [-0.2, -0.15) is 0 Å². The summed E-state index contributed by atoms with van der Waals surface area (Å²) in [5, 5.41) is 4.79. The van der Waals surface area contributed by atoms with Gasteiger partial charge in [0.25, 0.3) is 0 Å². The molecule has 1 N–H and O–H groups in total. The van der Waals surface area contributed by atoms with Crippen LogP contribution in [0.1, 0.15) is 31.7 Å². The molecule has 1 aromatic carbocycles. The molecule has 2 nitrogen and oxygen atoms in total. The van der Waals surface area contributed by atoms with E-state index in [1.54, 1.807) is 7.11 Å². The number of hydrogen-bond acceptors (Lipinski definition) is 2. The molecule has 0 aromatic heterocycles. The van der Waals surface area contributed by atoms with E-state index in [0.717, 1.165) is 25.6 Å². The highest BCUT2D eigenvalue weighted by molar-refractivity contribution is 6.42. The van der Waals surface area contributed by atoms with Crippen molar-refractivity contribution >= 4 is 23.2 Å². The van der Waals surface area contributed by atoms with E-state index in [0.29, 0.717) is 10.0 Å². The van der Waals surface area contributed by atoms with Crippen molar-refractivity contribution in [2.45, 2.75) is 31.6 Å². The Bertz CT molecular complexity index is 444. The first kappa shape index (κ1) is 16.1. The van der Waals surface area contributed by atoms with Crippen molar-refractivity contribution in [1.29, 1.82) is 0 Å². The van der Waals surface area contributed by atoms with Crippen LogP contribution < -0.4 is 5.32 Å². The summed E-state index contributed by atoms with van der Waals surface area (Å²) in [6, 6.07) is 6.07. The molecule has 0 saturated heterocycles. The Morgan fingerprint density at radius 1 is 1.30 bits per heavy atom. The van der Waals surface area contributed by atoms with Crippen LogP contribution in [0.3, 0.4) is 0 Å². The molecule has 0 bridgehead atoms. The minimum atomic E-state index is 0.211. The molecule has 0 amide bonds. The van der Waals surface area contributed by atoms with Gasteiger partial charge in [0.2, 0.25) is 0 Å². The number of nitrogens with one attached hydrogen (secondary N) is 1. The van der Waals surface area contributed by atoms with Gasteiger partial charge < -0.3 is 10.1 Å². The number of ether oxygens (including phenoxy) is 1. The van der Waals surface area contributed by atoms with E-state index in [9.17, 15) is 0 Å². The highest BCUT2D eigenvalue weighted by Gasteiger charge is 2.44. The molecular formula is C16H23Cl2NO. The van der Waals surface area contributed by atoms with Crippen LogP contribution in [0.5, 0.6) is 0 Å². The molecule has 0 aliphatic heterocycles. The first-order chi connectivity index (χ1) is 9.61. The van der Waals surface area contributed by atoms with Crippen molar-refractivity contribution < 1.29 is 4.74 Å². The maximum Gasteiger partial charge on any atom is 0.0595 e. The van der Waals surface area contributed by atoms with Gasteiger partial charge in [0.05, 0.1) is 16.7 Å². The third kappa shape index (κ3) is 3.48. The lowest BCUT2D eigenvalue weighted by Crippen LogP contribution is -2.49. The van der Waals surface area contributed by atoms with Crippen LogP contribution in [0.2, 0.25) is 10.0 Å². The smallest absolute Gasteiger partial charge is 0.0595 e. The zero-order valence-corrected chi connectivity index (χ0v) is 13.7. The molecule has 0 heterocycles. The summed E-state index contributed by atoms with van der Waals surface area (Å²) >= 11 is 12.2. The summed E-state index contributed by atoms with van der Waals surface area (Å²) < 4.78 is 5.09. The van der Waals surface area contributed by atoms with E-state index in [4.69, 9.17) is 27.9 Å². The number of benzene rings is 1. The lowest BCUT2D eigenvalue weighted by atomic mass is 9.58. The van der Waals surface area contributed by atoms with Crippen LogP contribution in [0.15, 0.2) is 18.2 Å². The van der Waals surface area contributed by atoms with Gasteiger partial charge >= 0.3 is 0 Å². The molecular weight excluding hydrogens is 293 g/mol. The lowest BCUT2D eigenvalue weighted by Gasteiger charge is -2.48. The van der Waals surface area contributed by atoms with Crippen LogP contribution in [0, 0.1) is 5.92 Å². The van der Waals surface area contributed by atoms with Crippen LogP contribution >= 0.6 is 23.2 Å². The third-order valence-corrected chi connectivity index (χ3v) is 5.15. The Kier molecular flexibility index (Phi) is 5.74. The Morgan fingerprint density at radius 2 is 2.05 bits per heavy atom. The van der Waals surface area contributed by atoms with Gasteiger partial charge in [-0.25, -0.2) is 0 Å². The fourth-order valence-electron chi connectivity index (χ4n) is 3.14. The molecule has 20 heavy (non-hydrogen) atoms. The van der Waals surface area contributed by atoms with E-state index in [-0.39, 0.29) is 5.41 Å². The summed E-state index contributed by atoms with van der Waals surface area (Å²) in [5.74, 6) is 0.827. The van der Waals surface area contributed by atoms with Crippen molar-refractivity contribution in [3.05, 3.63) is 33.8 Å². The molecule has 2 rings (SSSR count). The maximum absolute atomic E-state index is 6.18. The maximum atomic E-state index is 6.18. The third-order valence-electron chi connectivity index (χ3n) is 4.41. The topological polar surface area (TPSA) is 21.3 Å². The van der Waals surface area contributed by atoms with Gasteiger partial charge in [-0.05, 0) is 36.5 Å². The summed E-state index contributed by atoms with van der Waals surface area (Å²) in [4.78, 5) is 0. The van der Waals surface area contributed by atoms with Gasteiger partial charge in [-0.3, -0.25) is 0 Å². The summed E-state index contributed by atoms with van der Waals surface area (Å²) in [6.07, 6.45) is 3.70. The quantitative estimate of drug-likeness (QED) is 0.758. The van der Waals surface area contributed by atoms with E-state index in [2.05, 4.69) is 18.3 Å². The van der Waals surface area contributed by atoms with Crippen molar-refractivity contribution in [3.63, 3.8) is 0 Å². The summed E-state index contributed by atoms with van der Waals surface area (Å²) in [5.41, 5.74) is 1.52. The van der Waals surface area contributed by atoms with E-state index in [1.165, 1.54) is 24.8 Å². The average Bonchev–Trinajstić information content (AvgIpc) is 2.40. The van der Waals surface area contributed by atoms with E-state index < -0.39 is 0 Å². The second kappa shape index (κ2) is 7.13. The highest BCUT2D eigenvalue weighted by Crippen LogP contribution is 2.49. The Hall–Kier alpha value is -0.280. The fraction of sp³-hybridized carbons (Fsp3) is 0.625. The van der Waals surface area contributed by atoms with Gasteiger partial charge in [0.1, 0.15) is 0 Å². The van der Waals surface area contributed by atoms with Crippen LogP contribution in [0.25, 0.3) is 0 Å². The Morgan fingerprint density at radius 3 is 2.65 bits per heavy atom. The monoisotopic (exact) mass is 315 g/mol. The van der Waals surface area contributed by atoms with E-state index >= 15 is 0 Å². The predicted octanol–water partition coefficient (Wildman–Crippen LogP) is 4.29. The first-order valence-corrected chi connectivity index (χ1v) is 8.02. The average molecular weight is 316 g/mol. The van der Waals surface area contributed by atoms with Crippen molar-refractivity contribution in [3.8, 4) is 0 Å². The number of hydrogen-bond donors (Lipinski definition) is 1. The zero-order valence-electron chi connectivity index (χ0n) is 12.2. The van der Waals surface area contributed by atoms with Crippen molar-refractivity contribution in [2.75, 3.05) is 26.8 Å². The molecule has 0 atom stereocenters. The summed E-state index contributed by atoms with van der Waals surface area (Å²) in [7, 11) is 1.73. The van der Waals surface area contributed by atoms with Crippen molar-refractivity contribution in [2.24, 2.45) is 5.92 Å². The molecule has 4 heteroatoms. The standard InChI is InChI=1S/C16H23Cl2NO/c1-3-12-9-16(10-12,11-19-6-7-20-2)13-4-5-14(17)15(18)8-13/h4-5,8,12,19H,3,6-7,9-11H2,1-2H3. The molecule has 1 aliphatic carbocycles. The van der Waals surface area contributed by atoms with E-state index in [1.807, 2.05) is 12.1 Å². The normalized spacial score (nSPS) is 25.5. The van der Waals surface area contributed by atoms with Crippen LogP contribution in [0.4, 0.5) is 0 Å². The number of halogens is 2. The molecule has 1 saturated carbocycles. The highest BCUT2D eigenvalue weighted by atomic mass is 35.5. The Labute approximate surface area is 131 Å². The predicted molar refractivity (Wildman–Crippen MR) is 85.9 cm³/mol. The van der Waals surface area contributed by atoms with Crippen LogP contribution in [-0.2, 0) is 10.2 Å². The second-order valence-corrected chi connectivity index (χ2v) is 6.58. The fourth-order valence-corrected chi connectivity index (χ4v) is 3.44. The lowest BCUT2D eigenvalue weighted by molar-refractivity contribution is 0.128. The zero-order chi connectivity index (χ0) is 14.6. The van der Waals surface area contributed by atoms with Crippen LogP contribution in [-0.4, -0.2) is 26.8 Å². The minimum absolute atomic E-state index is 0.211. The molecule has 0 radical (unpaired) electrons. The largest absolute Gasteiger partial charge is 0.383 e. The molecule has 0 unspecified atom stereocenters. The summed E-state index contributed by atoms with van der Waals surface area (Å²) in [6.45, 7) is 4.87. The number of rotatable bonds is 7. The number of methoxy groups -OCH3 is 1. The molecule has 0 spiro atoms. The molecule has 1 fully saturated rings. The SMILES string of the molecule is CCC1CC(CNCCOC)(c2ccc(Cl)c(Cl)c2)C1. The Balaban J connectivity index is 2.08. The van der Waals surface area contributed by atoms with Gasteiger partial charge in [0, 0.05) is 25.6 Å². The van der Waals surface area contributed by atoms with Gasteiger partial charge in [0.15, 0.2) is 0 Å². The first-order valence-electron chi connectivity index (χ1n) is 7.26. The minimum Gasteiger partial charge on any atom is -0.383 e. The molecule has 1 aromatic rings.